The Hall–Kier alpha value is -2.88. The first kappa shape index (κ1) is 17.5. The summed E-state index contributed by atoms with van der Waals surface area (Å²) in [6.45, 7) is 0.563. The highest BCUT2D eigenvalue weighted by atomic mass is 16.3. The molecule has 24 heavy (non-hydrogen) atoms. The average molecular weight is 322 g/mol. The Morgan fingerprint density at radius 3 is 2.62 bits per heavy atom. The molecule has 0 saturated heterocycles. The number of phenols is 1. The Labute approximate surface area is 142 Å². The van der Waals surface area contributed by atoms with Gasteiger partial charge in [-0.2, -0.15) is 0 Å². The van der Waals surface area contributed by atoms with Gasteiger partial charge in [-0.25, -0.2) is 0 Å². The first-order valence-electron chi connectivity index (χ1n) is 7.64. The zero-order chi connectivity index (χ0) is 16.1. The van der Waals surface area contributed by atoms with E-state index >= 15 is 0 Å². The predicted octanol–water partition coefficient (Wildman–Crippen LogP) is 3.94. The SMILES string of the molecule is C.O=C(NCCCc1ccccc1)c1ccc2cccnc2c1O. The summed E-state index contributed by atoms with van der Waals surface area (Å²) < 4.78 is 0. The highest BCUT2D eigenvalue weighted by Gasteiger charge is 2.13. The Morgan fingerprint density at radius 1 is 1.04 bits per heavy atom. The van der Waals surface area contributed by atoms with Gasteiger partial charge in [-0.05, 0) is 30.5 Å². The zero-order valence-electron chi connectivity index (χ0n) is 12.7. The third-order valence-electron chi connectivity index (χ3n) is 3.76. The number of carbonyl (C=O) groups excluding carboxylic acids is 1. The molecule has 2 N–H and O–H groups in total. The first-order valence-corrected chi connectivity index (χ1v) is 7.64. The lowest BCUT2D eigenvalue weighted by Gasteiger charge is -2.08. The lowest BCUT2D eigenvalue weighted by molar-refractivity contribution is 0.0951. The summed E-state index contributed by atoms with van der Waals surface area (Å²) in [5, 5.41) is 13.9. The number of nitrogens with one attached hydrogen (secondary N) is 1. The van der Waals surface area contributed by atoms with E-state index in [4.69, 9.17) is 0 Å². The van der Waals surface area contributed by atoms with Gasteiger partial charge in [-0.15, -0.1) is 0 Å². The molecule has 124 valence electrons. The van der Waals surface area contributed by atoms with Crippen LogP contribution in [0.1, 0.15) is 29.8 Å². The van der Waals surface area contributed by atoms with E-state index in [0.717, 1.165) is 18.2 Å². The molecule has 4 heteroatoms. The molecule has 1 amide bonds. The van der Waals surface area contributed by atoms with Crippen LogP contribution in [0.4, 0.5) is 0 Å². The van der Waals surface area contributed by atoms with Gasteiger partial charge in [-0.3, -0.25) is 9.78 Å². The first-order chi connectivity index (χ1) is 11.3. The summed E-state index contributed by atoms with van der Waals surface area (Å²) in [7, 11) is 0. The maximum atomic E-state index is 12.2. The van der Waals surface area contributed by atoms with E-state index in [1.165, 1.54) is 5.56 Å². The number of benzene rings is 2. The van der Waals surface area contributed by atoms with Gasteiger partial charge in [0.2, 0.25) is 0 Å². The third kappa shape index (κ3) is 3.90. The number of amides is 1. The van der Waals surface area contributed by atoms with E-state index in [9.17, 15) is 9.90 Å². The molecule has 0 unspecified atom stereocenters. The Morgan fingerprint density at radius 2 is 1.83 bits per heavy atom. The molecule has 0 bridgehead atoms. The average Bonchev–Trinajstić information content (AvgIpc) is 2.60. The number of fused-ring (bicyclic) bond motifs is 1. The molecule has 3 aromatic rings. The van der Waals surface area contributed by atoms with Crippen molar-refractivity contribution in [2.45, 2.75) is 20.3 Å². The number of rotatable bonds is 5. The molecule has 0 fully saturated rings. The van der Waals surface area contributed by atoms with Crippen molar-refractivity contribution in [2.75, 3.05) is 6.54 Å². The minimum Gasteiger partial charge on any atom is -0.505 e. The molecular weight excluding hydrogens is 300 g/mol. The van der Waals surface area contributed by atoms with E-state index in [0.29, 0.717) is 12.1 Å². The number of aromatic hydroxyl groups is 1. The normalized spacial score (nSPS) is 10.2. The van der Waals surface area contributed by atoms with Crippen molar-refractivity contribution < 1.29 is 9.90 Å². The van der Waals surface area contributed by atoms with Crippen LogP contribution in [0, 0.1) is 0 Å². The fraction of sp³-hybridized carbons (Fsp3) is 0.200. The molecule has 0 aliphatic carbocycles. The number of pyridine rings is 1. The zero-order valence-corrected chi connectivity index (χ0v) is 12.7. The quantitative estimate of drug-likeness (QED) is 0.699. The topological polar surface area (TPSA) is 62.2 Å². The third-order valence-corrected chi connectivity index (χ3v) is 3.76. The Kier molecular flexibility index (Phi) is 5.90. The molecular formula is C20H22N2O2. The van der Waals surface area contributed by atoms with Crippen molar-refractivity contribution in [3.8, 4) is 5.75 Å². The van der Waals surface area contributed by atoms with Crippen LogP contribution < -0.4 is 5.32 Å². The summed E-state index contributed by atoms with van der Waals surface area (Å²) in [5.41, 5.74) is 1.96. The molecule has 1 aromatic heterocycles. The summed E-state index contributed by atoms with van der Waals surface area (Å²) in [6.07, 6.45) is 3.36. The van der Waals surface area contributed by atoms with Crippen molar-refractivity contribution in [2.24, 2.45) is 0 Å². The second kappa shape index (κ2) is 8.11. The number of hydrogen-bond acceptors (Lipinski definition) is 3. The Balaban J connectivity index is 0.00000208. The van der Waals surface area contributed by atoms with Gasteiger partial charge in [0.15, 0.2) is 5.75 Å². The van der Waals surface area contributed by atoms with E-state index in [1.807, 2.05) is 24.3 Å². The van der Waals surface area contributed by atoms with Gasteiger partial charge in [0.1, 0.15) is 5.52 Å². The molecule has 0 aliphatic heterocycles. The number of nitrogens with zero attached hydrogens (tertiary/aromatic N) is 1. The highest BCUT2D eigenvalue weighted by molar-refractivity contribution is 6.02. The minimum absolute atomic E-state index is 0. The van der Waals surface area contributed by atoms with Crippen molar-refractivity contribution >= 4 is 16.8 Å². The molecule has 0 spiro atoms. The second-order valence-electron chi connectivity index (χ2n) is 5.38. The summed E-state index contributed by atoms with van der Waals surface area (Å²) in [5.74, 6) is -0.341. The van der Waals surface area contributed by atoms with Gasteiger partial charge >= 0.3 is 0 Å². The lowest BCUT2D eigenvalue weighted by Crippen LogP contribution is -2.24. The monoisotopic (exact) mass is 322 g/mol. The largest absolute Gasteiger partial charge is 0.505 e. The van der Waals surface area contributed by atoms with E-state index in [2.05, 4.69) is 22.4 Å². The highest BCUT2D eigenvalue weighted by Crippen LogP contribution is 2.26. The van der Waals surface area contributed by atoms with E-state index in [-0.39, 0.29) is 24.6 Å². The van der Waals surface area contributed by atoms with Gasteiger partial charge in [0.05, 0.1) is 5.56 Å². The number of hydrogen-bond donors (Lipinski definition) is 2. The Bertz CT molecular complexity index is 816. The van der Waals surface area contributed by atoms with Crippen molar-refractivity contribution in [1.82, 2.24) is 10.3 Å². The molecule has 3 rings (SSSR count). The van der Waals surface area contributed by atoms with Crippen molar-refractivity contribution in [3.63, 3.8) is 0 Å². The van der Waals surface area contributed by atoms with Crippen LogP contribution in [0.3, 0.4) is 0 Å². The van der Waals surface area contributed by atoms with Crippen LogP contribution in [-0.4, -0.2) is 22.5 Å². The fourth-order valence-electron chi connectivity index (χ4n) is 2.55. The van der Waals surface area contributed by atoms with Crippen molar-refractivity contribution in [3.05, 3.63) is 71.9 Å². The summed E-state index contributed by atoms with van der Waals surface area (Å²) >= 11 is 0. The van der Waals surface area contributed by atoms with Crippen LogP contribution in [-0.2, 0) is 6.42 Å². The predicted molar refractivity (Wildman–Crippen MR) is 97.2 cm³/mol. The number of aryl methyl sites for hydroxylation is 1. The summed E-state index contributed by atoms with van der Waals surface area (Å²) in [6, 6.07) is 17.2. The van der Waals surface area contributed by atoms with Crippen LogP contribution in [0.25, 0.3) is 10.9 Å². The second-order valence-corrected chi connectivity index (χ2v) is 5.38. The molecule has 4 nitrogen and oxygen atoms in total. The molecule has 0 saturated carbocycles. The standard InChI is InChI=1S/C19H18N2O2.CH4/c22-18-16(11-10-15-9-5-12-20-17(15)18)19(23)21-13-4-8-14-6-2-1-3-7-14;/h1-3,5-7,9-12,22H,4,8,13H2,(H,21,23);1H4. The van der Waals surface area contributed by atoms with Gasteiger partial charge in [0, 0.05) is 18.1 Å². The van der Waals surface area contributed by atoms with Crippen molar-refractivity contribution in [1.29, 1.82) is 0 Å². The maximum Gasteiger partial charge on any atom is 0.255 e. The molecule has 0 radical (unpaired) electrons. The minimum atomic E-state index is -0.275. The molecule has 0 atom stereocenters. The molecule has 0 aliphatic rings. The molecule has 1 heterocycles. The lowest BCUT2D eigenvalue weighted by atomic mass is 10.1. The van der Waals surface area contributed by atoms with Gasteiger partial charge in [-0.1, -0.05) is 49.9 Å². The molecule has 2 aromatic carbocycles. The van der Waals surface area contributed by atoms with Crippen LogP contribution >= 0.6 is 0 Å². The van der Waals surface area contributed by atoms with E-state index in [1.54, 1.807) is 24.4 Å². The van der Waals surface area contributed by atoms with Crippen LogP contribution in [0.15, 0.2) is 60.8 Å². The number of carbonyl (C=O) groups is 1. The van der Waals surface area contributed by atoms with Gasteiger partial charge < -0.3 is 10.4 Å². The van der Waals surface area contributed by atoms with E-state index < -0.39 is 0 Å². The maximum absolute atomic E-state index is 12.2. The number of aromatic nitrogens is 1. The smallest absolute Gasteiger partial charge is 0.255 e. The summed E-state index contributed by atoms with van der Waals surface area (Å²) in [4.78, 5) is 16.4. The van der Waals surface area contributed by atoms with Gasteiger partial charge in [0.25, 0.3) is 5.91 Å². The fourth-order valence-corrected chi connectivity index (χ4v) is 2.55. The number of phenolic OH excluding ortho intramolecular Hbond substituents is 1. The van der Waals surface area contributed by atoms with Crippen LogP contribution in [0.5, 0.6) is 5.75 Å². The van der Waals surface area contributed by atoms with Crippen LogP contribution in [0.2, 0.25) is 0 Å².